The highest BCUT2D eigenvalue weighted by Crippen LogP contribution is 2.40. The summed E-state index contributed by atoms with van der Waals surface area (Å²) in [4.78, 5) is 28.9. The van der Waals surface area contributed by atoms with Crippen LogP contribution in [0, 0.1) is 0 Å². The van der Waals surface area contributed by atoms with Gasteiger partial charge < -0.3 is 4.90 Å². The number of para-hydroxylation sites is 1. The second-order valence-electron chi connectivity index (χ2n) is 7.16. The van der Waals surface area contributed by atoms with Crippen molar-refractivity contribution in [2.24, 2.45) is 0 Å². The van der Waals surface area contributed by atoms with Gasteiger partial charge in [0.15, 0.2) is 0 Å². The summed E-state index contributed by atoms with van der Waals surface area (Å²) in [6.45, 7) is 3.18. The normalized spacial score (nSPS) is 16.1. The number of fused-ring (bicyclic) bond motifs is 2. The number of aryl methyl sites for hydroxylation is 1. The highest BCUT2D eigenvalue weighted by atomic mass is 16.2. The van der Waals surface area contributed by atoms with Gasteiger partial charge in [-0.1, -0.05) is 25.1 Å². The van der Waals surface area contributed by atoms with Crippen LogP contribution in [0.5, 0.6) is 0 Å². The Morgan fingerprint density at radius 1 is 1.19 bits per heavy atom. The minimum absolute atomic E-state index is 0.0570. The first kappa shape index (κ1) is 15.4. The maximum atomic E-state index is 13.3. The van der Waals surface area contributed by atoms with Crippen molar-refractivity contribution in [2.75, 3.05) is 0 Å². The number of hydrogen-bond donors (Lipinski definition) is 0. The third-order valence-corrected chi connectivity index (χ3v) is 5.27. The van der Waals surface area contributed by atoms with Gasteiger partial charge in [0.25, 0.3) is 5.91 Å². The summed E-state index contributed by atoms with van der Waals surface area (Å²) in [5.74, 6) is 1.41. The fourth-order valence-corrected chi connectivity index (χ4v) is 3.64. The molecule has 0 bridgehead atoms. The molecule has 5 rings (SSSR count). The first-order valence-corrected chi connectivity index (χ1v) is 9.25. The molecule has 1 aromatic carbocycles. The Bertz CT molecular complexity index is 1030. The number of hydrogen-bond acceptors (Lipinski definition) is 4. The van der Waals surface area contributed by atoms with E-state index in [1.165, 1.54) is 12.8 Å². The molecule has 0 saturated heterocycles. The van der Waals surface area contributed by atoms with E-state index >= 15 is 0 Å². The van der Waals surface area contributed by atoms with E-state index in [2.05, 4.69) is 9.97 Å². The first-order chi connectivity index (χ1) is 12.7. The Morgan fingerprint density at radius 3 is 2.85 bits per heavy atom. The lowest BCUT2D eigenvalue weighted by atomic mass is 10.0. The van der Waals surface area contributed by atoms with Crippen LogP contribution in [-0.4, -0.2) is 25.8 Å². The van der Waals surface area contributed by atoms with Gasteiger partial charge in [0, 0.05) is 41.7 Å². The minimum atomic E-state index is 0.0570. The van der Waals surface area contributed by atoms with Gasteiger partial charge in [-0.05, 0) is 25.0 Å². The summed E-state index contributed by atoms with van der Waals surface area (Å²) in [7, 11) is 0. The molecule has 1 aliphatic heterocycles. The maximum absolute atomic E-state index is 13.3. The number of amides is 1. The molecule has 0 N–H and O–H groups in total. The quantitative estimate of drug-likeness (QED) is 0.728. The van der Waals surface area contributed by atoms with Crippen molar-refractivity contribution in [1.29, 1.82) is 0 Å². The van der Waals surface area contributed by atoms with Crippen molar-refractivity contribution in [2.45, 2.75) is 45.2 Å². The molecule has 0 radical (unpaired) electrons. The fourth-order valence-electron chi connectivity index (χ4n) is 3.64. The molecule has 1 aliphatic carbocycles. The van der Waals surface area contributed by atoms with Crippen LogP contribution in [0.25, 0.3) is 10.9 Å². The molecule has 0 atom stereocenters. The zero-order valence-electron chi connectivity index (χ0n) is 14.8. The molecule has 1 amide bonds. The monoisotopic (exact) mass is 344 g/mol. The zero-order chi connectivity index (χ0) is 17.7. The van der Waals surface area contributed by atoms with E-state index in [-0.39, 0.29) is 5.91 Å². The van der Waals surface area contributed by atoms with Crippen LogP contribution in [0.3, 0.4) is 0 Å². The number of pyridine rings is 1. The van der Waals surface area contributed by atoms with Gasteiger partial charge in [-0.25, -0.2) is 9.97 Å². The molecule has 2 aromatic heterocycles. The van der Waals surface area contributed by atoms with Crippen LogP contribution in [-0.2, 0) is 19.5 Å². The van der Waals surface area contributed by atoms with Gasteiger partial charge in [0.1, 0.15) is 5.82 Å². The molecular weight excluding hydrogens is 324 g/mol. The number of nitrogens with zero attached hydrogens (tertiary/aromatic N) is 4. The van der Waals surface area contributed by atoms with Crippen molar-refractivity contribution in [3.05, 3.63) is 64.9 Å². The van der Waals surface area contributed by atoms with Crippen molar-refractivity contribution < 1.29 is 4.79 Å². The Labute approximate surface area is 152 Å². The van der Waals surface area contributed by atoms with Gasteiger partial charge in [0.2, 0.25) is 0 Å². The van der Waals surface area contributed by atoms with Crippen molar-refractivity contribution in [3.63, 3.8) is 0 Å². The first-order valence-electron chi connectivity index (χ1n) is 9.25. The second kappa shape index (κ2) is 5.87. The lowest BCUT2D eigenvalue weighted by molar-refractivity contribution is 0.0752. The van der Waals surface area contributed by atoms with E-state index in [9.17, 15) is 4.79 Å². The Morgan fingerprint density at radius 2 is 2.04 bits per heavy atom. The third-order valence-electron chi connectivity index (χ3n) is 5.27. The van der Waals surface area contributed by atoms with Crippen molar-refractivity contribution in [3.8, 4) is 0 Å². The number of aromatic nitrogens is 3. The Hall–Kier alpha value is -2.82. The number of rotatable bonds is 3. The molecule has 1 fully saturated rings. The van der Waals surface area contributed by atoms with E-state index in [1.807, 2.05) is 48.4 Å². The fraction of sp³-hybridized carbons (Fsp3) is 0.333. The van der Waals surface area contributed by atoms with Crippen LogP contribution in [0.4, 0.5) is 0 Å². The van der Waals surface area contributed by atoms with Gasteiger partial charge in [-0.3, -0.25) is 9.78 Å². The van der Waals surface area contributed by atoms with Gasteiger partial charge in [0.05, 0.1) is 23.3 Å². The number of carbonyl (C=O) groups excluding carboxylic acids is 1. The summed E-state index contributed by atoms with van der Waals surface area (Å²) < 4.78 is 0. The molecular formula is C21H20N4O. The molecule has 130 valence electrons. The summed E-state index contributed by atoms with van der Waals surface area (Å²) in [6, 6.07) is 9.94. The predicted molar refractivity (Wildman–Crippen MR) is 98.7 cm³/mol. The second-order valence-corrected chi connectivity index (χ2v) is 7.16. The van der Waals surface area contributed by atoms with Gasteiger partial charge >= 0.3 is 0 Å². The van der Waals surface area contributed by atoms with Crippen molar-refractivity contribution in [1.82, 2.24) is 19.9 Å². The summed E-state index contributed by atoms with van der Waals surface area (Å²) >= 11 is 0. The number of benzene rings is 1. The van der Waals surface area contributed by atoms with E-state index in [4.69, 9.17) is 4.98 Å². The smallest absolute Gasteiger partial charge is 0.255 e. The van der Waals surface area contributed by atoms with Crippen LogP contribution < -0.4 is 0 Å². The zero-order valence-corrected chi connectivity index (χ0v) is 14.8. The average molecular weight is 344 g/mol. The van der Waals surface area contributed by atoms with E-state index in [0.717, 1.165) is 45.7 Å². The molecule has 0 unspecified atom stereocenters. The highest BCUT2D eigenvalue weighted by molar-refractivity contribution is 6.06. The van der Waals surface area contributed by atoms with Crippen LogP contribution in [0.2, 0.25) is 0 Å². The predicted octanol–water partition coefficient (Wildman–Crippen LogP) is 3.62. The largest absolute Gasteiger partial charge is 0.328 e. The van der Waals surface area contributed by atoms with Gasteiger partial charge in [-0.15, -0.1) is 0 Å². The molecule has 2 aliphatic rings. The third kappa shape index (κ3) is 2.55. The lowest BCUT2D eigenvalue weighted by Gasteiger charge is -2.17. The molecule has 1 saturated carbocycles. The number of carbonyl (C=O) groups is 1. The lowest BCUT2D eigenvalue weighted by Crippen LogP contribution is -2.26. The van der Waals surface area contributed by atoms with E-state index < -0.39 is 0 Å². The van der Waals surface area contributed by atoms with E-state index in [0.29, 0.717) is 19.0 Å². The topological polar surface area (TPSA) is 59.0 Å². The molecule has 3 heterocycles. The summed E-state index contributed by atoms with van der Waals surface area (Å²) in [5, 5.41) is 0.929. The Kier molecular flexibility index (Phi) is 3.48. The molecule has 5 nitrogen and oxygen atoms in total. The minimum Gasteiger partial charge on any atom is -0.328 e. The van der Waals surface area contributed by atoms with Crippen LogP contribution in [0.1, 0.15) is 58.8 Å². The molecule has 26 heavy (non-hydrogen) atoms. The SMILES string of the molecule is CCc1ncc2c(n1)CN(C(=O)c1cc(C3CC3)nc3ccccc13)C2. The average Bonchev–Trinajstić information content (AvgIpc) is 3.45. The summed E-state index contributed by atoms with van der Waals surface area (Å²) in [5.41, 5.74) is 4.75. The summed E-state index contributed by atoms with van der Waals surface area (Å²) in [6.07, 6.45) is 5.02. The standard InChI is InChI=1S/C21H20N4O/c1-2-20-22-10-14-11-25(12-19(14)24-20)21(26)16-9-18(13-7-8-13)23-17-6-4-3-5-15(16)17/h3-6,9-10,13H,2,7-8,11-12H2,1H3. The highest BCUT2D eigenvalue weighted by Gasteiger charge is 2.30. The Balaban J connectivity index is 1.53. The van der Waals surface area contributed by atoms with E-state index in [1.54, 1.807) is 0 Å². The molecule has 0 spiro atoms. The maximum Gasteiger partial charge on any atom is 0.255 e. The van der Waals surface area contributed by atoms with Crippen LogP contribution in [0.15, 0.2) is 36.5 Å². The molecule has 3 aromatic rings. The van der Waals surface area contributed by atoms with Crippen LogP contribution >= 0.6 is 0 Å². The van der Waals surface area contributed by atoms with Crippen molar-refractivity contribution >= 4 is 16.8 Å². The molecule has 5 heteroatoms. The van der Waals surface area contributed by atoms with Gasteiger partial charge in [-0.2, -0.15) is 0 Å².